The van der Waals surface area contributed by atoms with Gasteiger partial charge in [-0.15, -0.1) is 0 Å². The summed E-state index contributed by atoms with van der Waals surface area (Å²) in [6.45, 7) is 1.63. The molecule has 2 aromatic carbocycles. The molecule has 0 aliphatic carbocycles. The van der Waals surface area contributed by atoms with Crippen LogP contribution in [0.1, 0.15) is 17.2 Å². The summed E-state index contributed by atoms with van der Waals surface area (Å²) in [6.07, 6.45) is 0. The predicted molar refractivity (Wildman–Crippen MR) is 110 cm³/mol. The van der Waals surface area contributed by atoms with Gasteiger partial charge in [-0.1, -0.05) is 18.2 Å². The Labute approximate surface area is 166 Å². The SMILES string of the molecule is CN=C(NCc1ccc2c(c1)OCO2)NCC(c1cccc(OC)c1)N(C)C. The first kappa shape index (κ1) is 19.8. The molecule has 7 heteroatoms. The van der Waals surface area contributed by atoms with Crippen molar-refractivity contribution in [3.05, 3.63) is 53.6 Å². The van der Waals surface area contributed by atoms with E-state index in [1.54, 1.807) is 14.2 Å². The van der Waals surface area contributed by atoms with E-state index in [1.165, 1.54) is 5.56 Å². The van der Waals surface area contributed by atoms with Crippen molar-refractivity contribution in [1.29, 1.82) is 0 Å². The lowest BCUT2D eigenvalue weighted by Crippen LogP contribution is -2.41. The number of hydrogen-bond donors (Lipinski definition) is 2. The molecule has 1 aliphatic rings. The first-order chi connectivity index (χ1) is 13.6. The number of likely N-dealkylation sites (N-methyl/N-ethyl adjacent to an activating group) is 1. The van der Waals surface area contributed by atoms with Gasteiger partial charge in [-0.05, 0) is 49.5 Å². The number of methoxy groups -OCH3 is 1. The second-order valence-corrected chi connectivity index (χ2v) is 6.75. The Kier molecular flexibility index (Phi) is 6.60. The van der Waals surface area contributed by atoms with Gasteiger partial charge in [0.2, 0.25) is 6.79 Å². The lowest BCUT2D eigenvalue weighted by molar-refractivity contribution is 0.174. The summed E-state index contributed by atoms with van der Waals surface area (Å²) in [4.78, 5) is 6.50. The van der Waals surface area contributed by atoms with E-state index in [-0.39, 0.29) is 12.8 Å². The molecule has 0 fully saturated rings. The van der Waals surface area contributed by atoms with Crippen molar-refractivity contribution < 1.29 is 14.2 Å². The minimum atomic E-state index is 0.180. The van der Waals surface area contributed by atoms with E-state index < -0.39 is 0 Å². The Morgan fingerprint density at radius 3 is 2.71 bits per heavy atom. The molecule has 3 rings (SSSR count). The number of hydrogen-bond acceptors (Lipinski definition) is 5. The number of benzene rings is 2. The quantitative estimate of drug-likeness (QED) is 0.564. The lowest BCUT2D eigenvalue weighted by atomic mass is 10.1. The third-order valence-corrected chi connectivity index (χ3v) is 4.69. The fraction of sp³-hybridized carbons (Fsp3) is 0.381. The van der Waals surface area contributed by atoms with Crippen molar-refractivity contribution in [3.8, 4) is 17.2 Å². The van der Waals surface area contributed by atoms with Gasteiger partial charge in [-0.25, -0.2) is 0 Å². The first-order valence-electron chi connectivity index (χ1n) is 9.24. The van der Waals surface area contributed by atoms with Crippen LogP contribution in [0.15, 0.2) is 47.5 Å². The van der Waals surface area contributed by atoms with Gasteiger partial charge in [-0.2, -0.15) is 0 Å². The Morgan fingerprint density at radius 2 is 1.96 bits per heavy atom. The van der Waals surface area contributed by atoms with Crippen molar-refractivity contribution in [1.82, 2.24) is 15.5 Å². The van der Waals surface area contributed by atoms with Gasteiger partial charge in [0.15, 0.2) is 17.5 Å². The van der Waals surface area contributed by atoms with E-state index in [2.05, 4.69) is 46.8 Å². The highest BCUT2D eigenvalue weighted by molar-refractivity contribution is 5.79. The molecule has 0 aromatic heterocycles. The zero-order valence-electron chi connectivity index (χ0n) is 16.9. The Balaban J connectivity index is 1.58. The number of aliphatic imine (C=N–C) groups is 1. The normalized spacial score (nSPS) is 14.1. The summed E-state index contributed by atoms with van der Waals surface area (Å²) in [7, 11) is 7.58. The van der Waals surface area contributed by atoms with Crippen LogP contribution in [0.2, 0.25) is 0 Å². The largest absolute Gasteiger partial charge is 0.497 e. The summed E-state index contributed by atoms with van der Waals surface area (Å²) in [6, 6.07) is 14.3. The minimum Gasteiger partial charge on any atom is -0.497 e. The highest BCUT2D eigenvalue weighted by atomic mass is 16.7. The lowest BCUT2D eigenvalue weighted by Gasteiger charge is -2.26. The topological polar surface area (TPSA) is 67.4 Å². The fourth-order valence-corrected chi connectivity index (χ4v) is 3.10. The van der Waals surface area contributed by atoms with Gasteiger partial charge in [0.1, 0.15) is 5.75 Å². The maximum Gasteiger partial charge on any atom is 0.231 e. The monoisotopic (exact) mass is 384 g/mol. The van der Waals surface area contributed by atoms with Crippen molar-refractivity contribution in [2.75, 3.05) is 41.6 Å². The summed E-state index contributed by atoms with van der Waals surface area (Å²) < 4.78 is 16.1. The molecule has 1 atom stereocenters. The van der Waals surface area contributed by atoms with E-state index >= 15 is 0 Å². The molecule has 1 aliphatic heterocycles. The van der Waals surface area contributed by atoms with Crippen LogP contribution in [0.25, 0.3) is 0 Å². The smallest absolute Gasteiger partial charge is 0.231 e. The summed E-state index contributed by atoms with van der Waals surface area (Å²) in [5.74, 6) is 3.17. The second kappa shape index (κ2) is 9.32. The van der Waals surface area contributed by atoms with Crippen LogP contribution in [0.3, 0.4) is 0 Å². The zero-order chi connectivity index (χ0) is 19.9. The molecule has 0 spiro atoms. The molecule has 0 saturated carbocycles. The van der Waals surface area contributed by atoms with E-state index in [0.717, 1.165) is 28.8 Å². The molecular formula is C21H28N4O3. The molecule has 0 amide bonds. The molecule has 1 heterocycles. The van der Waals surface area contributed by atoms with E-state index in [1.807, 2.05) is 30.3 Å². The van der Waals surface area contributed by atoms with Gasteiger partial charge < -0.3 is 29.7 Å². The fourth-order valence-electron chi connectivity index (χ4n) is 3.10. The number of nitrogens with one attached hydrogen (secondary N) is 2. The van der Waals surface area contributed by atoms with Crippen LogP contribution in [-0.4, -0.2) is 52.4 Å². The molecule has 1 unspecified atom stereocenters. The van der Waals surface area contributed by atoms with Crippen LogP contribution < -0.4 is 24.8 Å². The maximum absolute atomic E-state index is 5.43. The van der Waals surface area contributed by atoms with Crippen LogP contribution in [0.4, 0.5) is 0 Å². The predicted octanol–water partition coefficient (Wildman–Crippen LogP) is 2.39. The summed E-state index contributed by atoms with van der Waals surface area (Å²) in [5, 5.41) is 6.75. The van der Waals surface area contributed by atoms with E-state index in [0.29, 0.717) is 13.1 Å². The van der Waals surface area contributed by atoms with Gasteiger partial charge >= 0.3 is 0 Å². The Hall–Kier alpha value is -2.93. The van der Waals surface area contributed by atoms with Crippen molar-refractivity contribution in [2.45, 2.75) is 12.6 Å². The number of rotatable bonds is 7. The van der Waals surface area contributed by atoms with Gasteiger partial charge in [0, 0.05) is 20.1 Å². The number of guanidine groups is 1. The number of nitrogens with zero attached hydrogens (tertiary/aromatic N) is 2. The van der Waals surface area contributed by atoms with Crippen LogP contribution in [-0.2, 0) is 6.54 Å². The number of fused-ring (bicyclic) bond motifs is 1. The average Bonchev–Trinajstić information content (AvgIpc) is 3.18. The zero-order valence-corrected chi connectivity index (χ0v) is 16.9. The third kappa shape index (κ3) is 4.86. The molecule has 2 aromatic rings. The average molecular weight is 384 g/mol. The van der Waals surface area contributed by atoms with E-state index in [9.17, 15) is 0 Å². The van der Waals surface area contributed by atoms with Crippen molar-refractivity contribution in [3.63, 3.8) is 0 Å². The standard InChI is InChI=1S/C21H28N4O3/c1-22-21(23-12-15-8-9-19-20(10-15)28-14-27-19)24-13-18(25(2)3)16-6-5-7-17(11-16)26-4/h5-11,18H,12-14H2,1-4H3,(H2,22,23,24). The van der Waals surface area contributed by atoms with Gasteiger partial charge in [0.05, 0.1) is 13.2 Å². The summed E-state index contributed by atoms with van der Waals surface area (Å²) >= 11 is 0. The highest BCUT2D eigenvalue weighted by Gasteiger charge is 2.16. The molecule has 150 valence electrons. The molecule has 7 nitrogen and oxygen atoms in total. The highest BCUT2D eigenvalue weighted by Crippen LogP contribution is 2.32. The van der Waals surface area contributed by atoms with Gasteiger partial charge in [0.25, 0.3) is 0 Å². The molecule has 0 bridgehead atoms. The van der Waals surface area contributed by atoms with Crippen LogP contribution in [0, 0.1) is 0 Å². The van der Waals surface area contributed by atoms with Crippen LogP contribution in [0.5, 0.6) is 17.2 Å². The van der Waals surface area contributed by atoms with Crippen molar-refractivity contribution in [2.24, 2.45) is 4.99 Å². The van der Waals surface area contributed by atoms with Crippen LogP contribution >= 0.6 is 0 Å². The molecule has 0 saturated heterocycles. The third-order valence-electron chi connectivity index (χ3n) is 4.69. The molecule has 0 radical (unpaired) electrons. The Bertz CT molecular complexity index is 823. The Morgan fingerprint density at radius 1 is 1.14 bits per heavy atom. The van der Waals surface area contributed by atoms with E-state index in [4.69, 9.17) is 14.2 Å². The minimum absolute atomic E-state index is 0.180. The van der Waals surface area contributed by atoms with Gasteiger partial charge in [-0.3, -0.25) is 4.99 Å². The number of ether oxygens (including phenoxy) is 3. The molecular weight excluding hydrogens is 356 g/mol. The molecule has 28 heavy (non-hydrogen) atoms. The summed E-state index contributed by atoms with van der Waals surface area (Å²) in [5.41, 5.74) is 2.28. The first-order valence-corrected chi connectivity index (χ1v) is 9.24. The molecule has 2 N–H and O–H groups in total. The maximum atomic E-state index is 5.43. The second-order valence-electron chi connectivity index (χ2n) is 6.75. The van der Waals surface area contributed by atoms with Crippen molar-refractivity contribution >= 4 is 5.96 Å².